The highest BCUT2D eigenvalue weighted by atomic mass is 16.6. The lowest BCUT2D eigenvalue weighted by atomic mass is 10.1. The smallest absolute Gasteiger partial charge is 0.311 e. The third-order valence-corrected chi connectivity index (χ3v) is 3.21. The summed E-state index contributed by atoms with van der Waals surface area (Å²) in [5.41, 5.74) is 0. The first kappa shape index (κ1) is 18.2. The van der Waals surface area contributed by atoms with E-state index in [1.165, 1.54) is 0 Å². The topological polar surface area (TPSA) is 52.6 Å². The molecule has 0 saturated carbocycles. The van der Waals surface area contributed by atoms with E-state index in [9.17, 15) is 9.59 Å². The number of unbranched alkanes of at least 4 members (excludes halogenated alkanes) is 2. The van der Waals surface area contributed by atoms with Crippen LogP contribution in [0.5, 0.6) is 11.5 Å². The first-order chi connectivity index (χ1) is 10.5. The van der Waals surface area contributed by atoms with E-state index < -0.39 is 0 Å². The van der Waals surface area contributed by atoms with Crippen LogP contribution in [0, 0.1) is 5.92 Å². The number of hydrogen-bond donors (Lipinski definition) is 0. The molecule has 0 spiro atoms. The van der Waals surface area contributed by atoms with Crippen molar-refractivity contribution in [1.29, 1.82) is 0 Å². The van der Waals surface area contributed by atoms with E-state index in [2.05, 4.69) is 20.8 Å². The Kier molecular flexibility index (Phi) is 8.26. The SMILES string of the molecule is CCCCCC(=O)Oc1ccccc1OC(=O)CCC(C)C. The Balaban J connectivity index is 2.57. The maximum atomic E-state index is 11.8. The number of carbonyl (C=O) groups is 2. The molecular weight excluding hydrogens is 280 g/mol. The third-order valence-electron chi connectivity index (χ3n) is 3.21. The van der Waals surface area contributed by atoms with Crippen molar-refractivity contribution in [2.75, 3.05) is 0 Å². The number of carbonyl (C=O) groups excluding carboxylic acids is 2. The number of hydrogen-bond acceptors (Lipinski definition) is 4. The lowest BCUT2D eigenvalue weighted by molar-refractivity contribution is -0.137. The van der Waals surface area contributed by atoms with Gasteiger partial charge in [0.25, 0.3) is 0 Å². The summed E-state index contributed by atoms with van der Waals surface area (Å²) in [5, 5.41) is 0. The van der Waals surface area contributed by atoms with Crippen LogP contribution in [0.4, 0.5) is 0 Å². The highest BCUT2D eigenvalue weighted by Gasteiger charge is 2.13. The van der Waals surface area contributed by atoms with E-state index in [4.69, 9.17) is 9.47 Å². The second kappa shape index (κ2) is 9.98. The largest absolute Gasteiger partial charge is 0.423 e. The van der Waals surface area contributed by atoms with Crippen molar-refractivity contribution in [3.05, 3.63) is 24.3 Å². The molecule has 0 N–H and O–H groups in total. The molecular formula is C18H26O4. The van der Waals surface area contributed by atoms with Gasteiger partial charge >= 0.3 is 11.9 Å². The van der Waals surface area contributed by atoms with Crippen molar-refractivity contribution in [2.45, 2.75) is 59.3 Å². The summed E-state index contributed by atoms with van der Waals surface area (Å²) < 4.78 is 10.6. The van der Waals surface area contributed by atoms with Gasteiger partial charge < -0.3 is 9.47 Å². The van der Waals surface area contributed by atoms with Crippen LogP contribution >= 0.6 is 0 Å². The number of rotatable bonds is 9. The number of para-hydroxylation sites is 2. The van der Waals surface area contributed by atoms with Crippen molar-refractivity contribution >= 4 is 11.9 Å². The third kappa shape index (κ3) is 7.25. The zero-order valence-electron chi connectivity index (χ0n) is 13.8. The lowest BCUT2D eigenvalue weighted by Crippen LogP contribution is -2.12. The number of ether oxygens (including phenoxy) is 2. The normalized spacial score (nSPS) is 10.5. The second-order valence-corrected chi connectivity index (χ2v) is 5.78. The minimum atomic E-state index is -0.303. The first-order valence-electron chi connectivity index (χ1n) is 8.03. The molecule has 0 saturated heterocycles. The van der Waals surface area contributed by atoms with E-state index in [-0.39, 0.29) is 11.9 Å². The Morgan fingerprint density at radius 3 is 2.00 bits per heavy atom. The summed E-state index contributed by atoms with van der Waals surface area (Å²) >= 11 is 0. The van der Waals surface area contributed by atoms with Gasteiger partial charge in [-0.1, -0.05) is 45.7 Å². The molecule has 1 aromatic carbocycles. The molecule has 0 fully saturated rings. The Hall–Kier alpha value is -1.84. The maximum Gasteiger partial charge on any atom is 0.311 e. The van der Waals surface area contributed by atoms with Gasteiger partial charge in [0.1, 0.15) is 0 Å². The summed E-state index contributed by atoms with van der Waals surface area (Å²) in [7, 11) is 0. The van der Waals surface area contributed by atoms with Gasteiger partial charge in [-0.25, -0.2) is 0 Å². The molecule has 1 aromatic rings. The van der Waals surface area contributed by atoms with Crippen LogP contribution in [-0.4, -0.2) is 11.9 Å². The van der Waals surface area contributed by atoms with Gasteiger partial charge in [0.2, 0.25) is 0 Å². The van der Waals surface area contributed by atoms with Gasteiger partial charge in [-0.15, -0.1) is 0 Å². The molecule has 1 rings (SSSR count). The fourth-order valence-electron chi connectivity index (χ4n) is 1.89. The van der Waals surface area contributed by atoms with Gasteiger partial charge in [-0.2, -0.15) is 0 Å². The molecule has 122 valence electrons. The van der Waals surface area contributed by atoms with E-state index in [1.807, 2.05) is 0 Å². The van der Waals surface area contributed by atoms with Crippen LogP contribution in [0.3, 0.4) is 0 Å². The molecule has 0 aliphatic heterocycles. The Morgan fingerprint density at radius 2 is 1.50 bits per heavy atom. The van der Waals surface area contributed by atoms with Gasteiger partial charge in [-0.3, -0.25) is 9.59 Å². The Labute approximate surface area is 132 Å². The van der Waals surface area contributed by atoms with Crippen LogP contribution in [0.2, 0.25) is 0 Å². The van der Waals surface area contributed by atoms with Crippen LogP contribution in [0.25, 0.3) is 0 Å². The van der Waals surface area contributed by atoms with Crippen molar-refractivity contribution in [3.63, 3.8) is 0 Å². The predicted molar refractivity (Wildman–Crippen MR) is 85.9 cm³/mol. The summed E-state index contributed by atoms with van der Waals surface area (Å²) in [6, 6.07) is 6.78. The van der Waals surface area contributed by atoms with E-state index in [1.54, 1.807) is 24.3 Å². The second-order valence-electron chi connectivity index (χ2n) is 5.78. The summed E-state index contributed by atoms with van der Waals surface area (Å²) in [5.74, 6) is 0.462. The molecule has 0 radical (unpaired) electrons. The average molecular weight is 306 g/mol. The number of esters is 2. The molecule has 0 bridgehead atoms. The summed E-state index contributed by atoms with van der Waals surface area (Å²) in [6.07, 6.45) is 4.38. The molecule has 4 nitrogen and oxygen atoms in total. The summed E-state index contributed by atoms with van der Waals surface area (Å²) in [6.45, 7) is 6.19. The molecule has 0 unspecified atom stereocenters. The van der Waals surface area contributed by atoms with E-state index in [0.29, 0.717) is 30.3 Å². The molecule has 0 atom stereocenters. The van der Waals surface area contributed by atoms with Gasteiger partial charge in [-0.05, 0) is 30.9 Å². The van der Waals surface area contributed by atoms with Crippen LogP contribution in [-0.2, 0) is 9.59 Å². The molecule has 0 aliphatic rings. The Bertz CT molecular complexity index is 480. The fraction of sp³-hybridized carbons (Fsp3) is 0.556. The molecule has 0 heterocycles. The van der Waals surface area contributed by atoms with Gasteiger partial charge in [0, 0.05) is 12.8 Å². The highest BCUT2D eigenvalue weighted by molar-refractivity contribution is 5.76. The summed E-state index contributed by atoms with van der Waals surface area (Å²) in [4.78, 5) is 23.6. The van der Waals surface area contributed by atoms with Crippen molar-refractivity contribution in [1.82, 2.24) is 0 Å². The highest BCUT2D eigenvalue weighted by Crippen LogP contribution is 2.27. The average Bonchev–Trinajstić information content (AvgIpc) is 2.47. The van der Waals surface area contributed by atoms with E-state index >= 15 is 0 Å². The van der Waals surface area contributed by atoms with Gasteiger partial charge in [0.15, 0.2) is 11.5 Å². The predicted octanol–water partition coefficient (Wildman–Crippen LogP) is 4.51. The minimum Gasteiger partial charge on any atom is -0.423 e. The molecule has 4 heteroatoms. The van der Waals surface area contributed by atoms with Crippen molar-refractivity contribution in [2.24, 2.45) is 5.92 Å². The maximum absolute atomic E-state index is 11.8. The quantitative estimate of drug-likeness (QED) is 0.382. The lowest BCUT2D eigenvalue weighted by Gasteiger charge is -2.10. The van der Waals surface area contributed by atoms with Crippen molar-refractivity contribution < 1.29 is 19.1 Å². The molecule has 0 aliphatic carbocycles. The zero-order chi connectivity index (χ0) is 16.4. The van der Waals surface area contributed by atoms with Gasteiger partial charge in [0.05, 0.1) is 0 Å². The number of benzene rings is 1. The molecule has 0 amide bonds. The standard InChI is InChI=1S/C18H26O4/c1-4-5-6-11-17(19)21-15-9-7-8-10-16(15)22-18(20)13-12-14(2)3/h7-10,14H,4-6,11-13H2,1-3H3. The zero-order valence-corrected chi connectivity index (χ0v) is 13.8. The fourth-order valence-corrected chi connectivity index (χ4v) is 1.89. The Morgan fingerprint density at radius 1 is 0.955 bits per heavy atom. The van der Waals surface area contributed by atoms with E-state index in [0.717, 1.165) is 25.7 Å². The van der Waals surface area contributed by atoms with Crippen LogP contribution < -0.4 is 9.47 Å². The van der Waals surface area contributed by atoms with Crippen LogP contribution in [0.1, 0.15) is 59.3 Å². The first-order valence-corrected chi connectivity index (χ1v) is 8.03. The molecule has 0 aromatic heterocycles. The minimum absolute atomic E-state index is 0.292. The van der Waals surface area contributed by atoms with Crippen LogP contribution in [0.15, 0.2) is 24.3 Å². The van der Waals surface area contributed by atoms with Crippen molar-refractivity contribution in [3.8, 4) is 11.5 Å². The molecule has 22 heavy (non-hydrogen) atoms. The monoisotopic (exact) mass is 306 g/mol.